The number of halogens is 1. The second-order valence-electron chi connectivity index (χ2n) is 5.21. The summed E-state index contributed by atoms with van der Waals surface area (Å²) in [6, 6.07) is 7.03. The standard InChI is InChI=1S/C15H25FN2/c1-5-18(11(2)3)10-12(4)15(17)13-8-6-7-9-14(13)16/h6-9,11-12,15H,5,10,17H2,1-4H3. The second kappa shape index (κ2) is 6.86. The Morgan fingerprint density at radius 2 is 1.83 bits per heavy atom. The molecular formula is C15H25FN2. The topological polar surface area (TPSA) is 29.3 Å². The van der Waals surface area contributed by atoms with Crippen molar-refractivity contribution < 1.29 is 4.39 Å². The van der Waals surface area contributed by atoms with E-state index in [9.17, 15) is 4.39 Å². The van der Waals surface area contributed by atoms with Crippen molar-refractivity contribution in [2.45, 2.75) is 39.8 Å². The van der Waals surface area contributed by atoms with Crippen molar-refractivity contribution in [3.8, 4) is 0 Å². The predicted octanol–water partition coefficient (Wildman–Crippen LogP) is 3.19. The normalized spacial score (nSPS) is 15.1. The Bertz CT molecular complexity index is 365. The summed E-state index contributed by atoms with van der Waals surface area (Å²) in [5, 5.41) is 0. The number of benzene rings is 1. The minimum Gasteiger partial charge on any atom is -0.324 e. The van der Waals surface area contributed by atoms with E-state index >= 15 is 0 Å². The Morgan fingerprint density at radius 1 is 1.22 bits per heavy atom. The summed E-state index contributed by atoms with van der Waals surface area (Å²) in [6.07, 6.45) is 0. The summed E-state index contributed by atoms with van der Waals surface area (Å²) in [5.74, 6) is 0.0219. The molecule has 0 aliphatic carbocycles. The zero-order valence-corrected chi connectivity index (χ0v) is 11.9. The summed E-state index contributed by atoms with van der Waals surface area (Å²) < 4.78 is 13.7. The van der Waals surface area contributed by atoms with Crippen LogP contribution in [0.5, 0.6) is 0 Å². The molecule has 1 aromatic carbocycles. The molecule has 2 unspecified atom stereocenters. The van der Waals surface area contributed by atoms with Crippen LogP contribution in [0.15, 0.2) is 24.3 Å². The van der Waals surface area contributed by atoms with Crippen molar-refractivity contribution in [2.75, 3.05) is 13.1 Å². The first-order chi connectivity index (χ1) is 8.47. The molecule has 0 saturated heterocycles. The lowest BCUT2D eigenvalue weighted by Crippen LogP contribution is -2.37. The zero-order chi connectivity index (χ0) is 13.7. The summed E-state index contributed by atoms with van der Waals surface area (Å²) in [5.41, 5.74) is 6.79. The first-order valence-corrected chi connectivity index (χ1v) is 6.71. The van der Waals surface area contributed by atoms with Gasteiger partial charge in [-0.3, -0.25) is 0 Å². The van der Waals surface area contributed by atoms with E-state index in [1.54, 1.807) is 12.1 Å². The van der Waals surface area contributed by atoms with E-state index in [4.69, 9.17) is 5.73 Å². The van der Waals surface area contributed by atoms with Gasteiger partial charge in [-0.1, -0.05) is 32.0 Å². The molecule has 0 aliphatic heterocycles. The van der Waals surface area contributed by atoms with Crippen molar-refractivity contribution in [3.63, 3.8) is 0 Å². The number of rotatable bonds is 6. The zero-order valence-electron chi connectivity index (χ0n) is 11.9. The van der Waals surface area contributed by atoms with Gasteiger partial charge in [0.15, 0.2) is 0 Å². The largest absolute Gasteiger partial charge is 0.324 e. The molecule has 0 bridgehead atoms. The Morgan fingerprint density at radius 3 is 2.33 bits per heavy atom. The third kappa shape index (κ3) is 3.79. The number of hydrogen-bond donors (Lipinski definition) is 1. The van der Waals surface area contributed by atoms with Crippen LogP contribution in [-0.4, -0.2) is 24.0 Å². The maximum absolute atomic E-state index is 13.7. The highest BCUT2D eigenvalue weighted by Gasteiger charge is 2.21. The molecule has 1 rings (SSSR count). The fourth-order valence-corrected chi connectivity index (χ4v) is 2.24. The van der Waals surface area contributed by atoms with Gasteiger partial charge in [0.05, 0.1) is 0 Å². The lowest BCUT2D eigenvalue weighted by Gasteiger charge is -2.30. The number of hydrogen-bond acceptors (Lipinski definition) is 2. The fourth-order valence-electron chi connectivity index (χ4n) is 2.24. The Hall–Kier alpha value is -0.930. The van der Waals surface area contributed by atoms with Gasteiger partial charge in [0.2, 0.25) is 0 Å². The van der Waals surface area contributed by atoms with Gasteiger partial charge < -0.3 is 10.6 Å². The molecule has 2 N–H and O–H groups in total. The smallest absolute Gasteiger partial charge is 0.127 e. The van der Waals surface area contributed by atoms with Crippen LogP contribution < -0.4 is 5.73 Å². The highest BCUT2D eigenvalue weighted by molar-refractivity contribution is 5.21. The summed E-state index contributed by atoms with van der Waals surface area (Å²) in [6.45, 7) is 10.5. The lowest BCUT2D eigenvalue weighted by molar-refractivity contribution is 0.189. The molecule has 0 aromatic heterocycles. The van der Waals surface area contributed by atoms with Crippen LogP contribution in [0.3, 0.4) is 0 Å². The molecule has 0 radical (unpaired) electrons. The molecule has 0 amide bonds. The molecule has 2 nitrogen and oxygen atoms in total. The van der Waals surface area contributed by atoms with Gasteiger partial charge >= 0.3 is 0 Å². The number of nitrogens with two attached hydrogens (primary N) is 1. The molecule has 102 valence electrons. The van der Waals surface area contributed by atoms with Crippen molar-refractivity contribution in [3.05, 3.63) is 35.6 Å². The molecule has 0 aliphatic rings. The van der Waals surface area contributed by atoms with Gasteiger partial charge in [-0.15, -0.1) is 0 Å². The van der Waals surface area contributed by atoms with Crippen LogP contribution >= 0.6 is 0 Å². The van der Waals surface area contributed by atoms with E-state index in [0.717, 1.165) is 13.1 Å². The SMILES string of the molecule is CCN(CC(C)C(N)c1ccccc1F)C(C)C. The molecule has 1 aromatic rings. The van der Waals surface area contributed by atoms with Crippen LogP contribution in [0.2, 0.25) is 0 Å². The van der Waals surface area contributed by atoms with E-state index in [2.05, 4.69) is 32.6 Å². The molecule has 18 heavy (non-hydrogen) atoms. The van der Waals surface area contributed by atoms with Gasteiger partial charge in [-0.25, -0.2) is 4.39 Å². The molecule has 0 spiro atoms. The average Bonchev–Trinajstić information content (AvgIpc) is 2.35. The summed E-state index contributed by atoms with van der Waals surface area (Å²) >= 11 is 0. The van der Waals surface area contributed by atoms with E-state index in [0.29, 0.717) is 11.6 Å². The first-order valence-electron chi connectivity index (χ1n) is 6.71. The van der Waals surface area contributed by atoms with E-state index < -0.39 is 0 Å². The van der Waals surface area contributed by atoms with Gasteiger partial charge in [-0.05, 0) is 32.4 Å². The summed E-state index contributed by atoms with van der Waals surface area (Å²) in [4.78, 5) is 2.35. The third-order valence-corrected chi connectivity index (χ3v) is 3.54. The van der Waals surface area contributed by atoms with Crippen molar-refractivity contribution in [1.82, 2.24) is 4.90 Å². The van der Waals surface area contributed by atoms with Gasteiger partial charge in [0.25, 0.3) is 0 Å². The van der Waals surface area contributed by atoms with Gasteiger partial charge in [-0.2, -0.15) is 0 Å². The van der Waals surface area contributed by atoms with Crippen LogP contribution in [0, 0.1) is 11.7 Å². The van der Waals surface area contributed by atoms with Crippen molar-refractivity contribution in [1.29, 1.82) is 0 Å². The number of nitrogens with zero attached hydrogens (tertiary/aromatic N) is 1. The van der Waals surface area contributed by atoms with Crippen molar-refractivity contribution >= 4 is 0 Å². The maximum Gasteiger partial charge on any atom is 0.127 e. The molecule has 3 heteroatoms. The van der Waals surface area contributed by atoms with Crippen molar-refractivity contribution in [2.24, 2.45) is 11.7 Å². The van der Waals surface area contributed by atoms with Crippen LogP contribution in [0.4, 0.5) is 4.39 Å². The molecular weight excluding hydrogens is 227 g/mol. The first kappa shape index (κ1) is 15.1. The summed E-state index contributed by atoms with van der Waals surface area (Å²) in [7, 11) is 0. The molecule has 0 saturated carbocycles. The van der Waals surface area contributed by atoms with E-state index in [-0.39, 0.29) is 17.8 Å². The van der Waals surface area contributed by atoms with E-state index in [1.165, 1.54) is 6.07 Å². The Balaban J connectivity index is 2.72. The quantitative estimate of drug-likeness (QED) is 0.842. The third-order valence-electron chi connectivity index (χ3n) is 3.54. The van der Waals surface area contributed by atoms with Crippen LogP contribution in [0.25, 0.3) is 0 Å². The molecule has 2 atom stereocenters. The molecule has 0 fully saturated rings. The Labute approximate surface area is 110 Å². The van der Waals surface area contributed by atoms with Crippen LogP contribution in [0.1, 0.15) is 39.3 Å². The fraction of sp³-hybridized carbons (Fsp3) is 0.600. The second-order valence-corrected chi connectivity index (χ2v) is 5.21. The molecule has 0 heterocycles. The highest BCUT2D eigenvalue weighted by atomic mass is 19.1. The Kier molecular flexibility index (Phi) is 5.76. The van der Waals surface area contributed by atoms with Gasteiger partial charge in [0, 0.05) is 24.2 Å². The minimum atomic E-state index is -0.251. The predicted molar refractivity (Wildman–Crippen MR) is 74.9 cm³/mol. The maximum atomic E-state index is 13.7. The monoisotopic (exact) mass is 252 g/mol. The van der Waals surface area contributed by atoms with Gasteiger partial charge in [0.1, 0.15) is 5.82 Å². The van der Waals surface area contributed by atoms with Crippen LogP contribution in [-0.2, 0) is 0 Å². The van der Waals surface area contributed by atoms with E-state index in [1.807, 2.05) is 6.07 Å². The highest BCUT2D eigenvalue weighted by Crippen LogP contribution is 2.23. The minimum absolute atomic E-state index is 0.204. The lowest BCUT2D eigenvalue weighted by atomic mass is 9.94. The average molecular weight is 252 g/mol.